The van der Waals surface area contributed by atoms with E-state index in [4.69, 9.17) is 4.98 Å². The molecule has 2 aromatic heterocycles. The highest BCUT2D eigenvalue weighted by Crippen LogP contribution is 2.34. The van der Waals surface area contributed by atoms with Crippen molar-refractivity contribution in [2.24, 2.45) is 0 Å². The molecule has 0 radical (unpaired) electrons. The molecule has 5 rings (SSSR count). The largest absolute Gasteiger partial charge is 0.315 e. The molecule has 1 aromatic carbocycles. The first-order chi connectivity index (χ1) is 14.6. The number of aryl methyl sites for hydroxylation is 1. The third kappa shape index (κ3) is 3.40. The maximum Gasteiger partial charge on any atom is 0.223 e. The number of nitrogens with one attached hydrogen (secondary N) is 1. The molecule has 0 bridgehead atoms. The van der Waals surface area contributed by atoms with Gasteiger partial charge in [0.2, 0.25) is 5.91 Å². The van der Waals surface area contributed by atoms with E-state index in [1.54, 1.807) is 6.92 Å². The van der Waals surface area contributed by atoms with Crippen LogP contribution in [-0.2, 0) is 17.8 Å². The highest BCUT2D eigenvalue weighted by atomic mass is 16.2. The predicted molar refractivity (Wildman–Crippen MR) is 120 cm³/mol. The number of imidazole rings is 1. The average Bonchev–Trinajstić information content (AvgIpc) is 3.22. The van der Waals surface area contributed by atoms with Crippen LogP contribution in [0.4, 0.5) is 5.69 Å². The third-order valence-electron chi connectivity index (χ3n) is 6.38. The third-order valence-corrected chi connectivity index (χ3v) is 6.38. The molecule has 30 heavy (non-hydrogen) atoms. The summed E-state index contributed by atoms with van der Waals surface area (Å²) < 4.78 is 2.26. The Morgan fingerprint density at radius 3 is 2.93 bits per heavy atom. The van der Waals surface area contributed by atoms with Crippen LogP contribution in [0, 0.1) is 6.92 Å². The lowest BCUT2D eigenvalue weighted by Crippen LogP contribution is -2.28. The van der Waals surface area contributed by atoms with Gasteiger partial charge in [0.25, 0.3) is 0 Å². The normalized spacial score (nSPS) is 17.3. The van der Waals surface area contributed by atoms with Gasteiger partial charge in [-0.1, -0.05) is 12.1 Å². The Hall–Kier alpha value is -2.70. The number of pyridine rings is 1. The van der Waals surface area contributed by atoms with Crippen molar-refractivity contribution in [3.63, 3.8) is 0 Å². The summed E-state index contributed by atoms with van der Waals surface area (Å²) >= 11 is 0. The maximum atomic E-state index is 11.9. The lowest BCUT2D eigenvalue weighted by Gasteiger charge is -2.20. The number of rotatable bonds is 3. The molecule has 2 aliphatic rings. The number of benzene rings is 1. The van der Waals surface area contributed by atoms with Crippen molar-refractivity contribution in [3.8, 4) is 11.3 Å². The molecule has 6 heteroatoms. The van der Waals surface area contributed by atoms with Gasteiger partial charge < -0.3 is 14.6 Å². The number of hydrogen-bond acceptors (Lipinski definition) is 4. The van der Waals surface area contributed by atoms with E-state index in [0.717, 1.165) is 68.3 Å². The summed E-state index contributed by atoms with van der Waals surface area (Å²) in [6.07, 6.45) is 4.21. The monoisotopic (exact) mass is 403 g/mol. The van der Waals surface area contributed by atoms with Gasteiger partial charge in [-0.25, -0.2) is 4.98 Å². The average molecular weight is 404 g/mol. The van der Waals surface area contributed by atoms with Crippen molar-refractivity contribution in [2.45, 2.75) is 33.2 Å². The van der Waals surface area contributed by atoms with E-state index >= 15 is 0 Å². The Morgan fingerprint density at radius 2 is 2.07 bits per heavy atom. The Balaban J connectivity index is 1.58. The molecule has 0 atom stereocenters. The molecule has 156 valence electrons. The number of amides is 1. The van der Waals surface area contributed by atoms with Crippen LogP contribution >= 0.6 is 0 Å². The van der Waals surface area contributed by atoms with Crippen molar-refractivity contribution in [3.05, 3.63) is 53.3 Å². The van der Waals surface area contributed by atoms with Crippen LogP contribution in [0.1, 0.15) is 30.2 Å². The fraction of sp³-hybridized carbons (Fsp3) is 0.417. The molecule has 1 amide bonds. The number of carbonyl (C=O) groups is 1. The van der Waals surface area contributed by atoms with E-state index < -0.39 is 0 Å². The molecule has 1 fully saturated rings. The SMILES string of the molecule is CC(=O)N1CCc2cc(-c3nc4c(C)cccn4c3CN3CCCNCC3)ccc21. The van der Waals surface area contributed by atoms with Crippen molar-refractivity contribution in [1.82, 2.24) is 19.6 Å². The molecule has 0 unspecified atom stereocenters. The number of hydrogen-bond donors (Lipinski definition) is 1. The predicted octanol–water partition coefficient (Wildman–Crippen LogP) is 3.01. The number of aromatic nitrogens is 2. The quantitative estimate of drug-likeness (QED) is 0.730. The zero-order valence-corrected chi connectivity index (χ0v) is 17.8. The van der Waals surface area contributed by atoms with Crippen LogP contribution in [0.5, 0.6) is 0 Å². The van der Waals surface area contributed by atoms with Gasteiger partial charge >= 0.3 is 0 Å². The Kier molecular flexibility index (Phi) is 5.05. The zero-order chi connectivity index (χ0) is 20.7. The fourth-order valence-corrected chi connectivity index (χ4v) is 4.78. The van der Waals surface area contributed by atoms with Crippen LogP contribution in [0.25, 0.3) is 16.9 Å². The Bertz CT molecular complexity index is 1090. The van der Waals surface area contributed by atoms with E-state index in [1.807, 2.05) is 4.90 Å². The van der Waals surface area contributed by atoms with Crippen LogP contribution < -0.4 is 10.2 Å². The van der Waals surface area contributed by atoms with Crippen molar-refractivity contribution >= 4 is 17.2 Å². The van der Waals surface area contributed by atoms with E-state index in [0.29, 0.717) is 0 Å². The first-order valence-corrected chi connectivity index (χ1v) is 10.9. The lowest BCUT2D eigenvalue weighted by molar-refractivity contribution is -0.116. The summed E-state index contributed by atoms with van der Waals surface area (Å²) in [4.78, 5) is 21.4. The van der Waals surface area contributed by atoms with Crippen molar-refractivity contribution in [1.29, 1.82) is 0 Å². The minimum atomic E-state index is 0.111. The minimum Gasteiger partial charge on any atom is -0.315 e. The van der Waals surface area contributed by atoms with E-state index in [9.17, 15) is 4.79 Å². The summed E-state index contributed by atoms with van der Waals surface area (Å²) in [5.74, 6) is 0.111. The summed E-state index contributed by atoms with van der Waals surface area (Å²) in [6, 6.07) is 10.7. The van der Waals surface area contributed by atoms with Gasteiger partial charge in [0.1, 0.15) is 5.65 Å². The van der Waals surface area contributed by atoms with Gasteiger partial charge in [-0.15, -0.1) is 0 Å². The number of anilines is 1. The van der Waals surface area contributed by atoms with Gasteiger partial charge in [0.05, 0.1) is 11.4 Å². The van der Waals surface area contributed by atoms with Gasteiger partial charge in [0, 0.05) is 50.6 Å². The van der Waals surface area contributed by atoms with Gasteiger partial charge in [-0.2, -0.15) is 0 Å². The Labute approximate surface area is 177 Å². The van der Waals surface area contributed by atoms with E-state index in [1.165, 1.54) is 23.2 Å². The van der Waals surface area contributed by atoms with Gasteiger partial charge in [-0.3, -0.25) is 9.69 Å². The second kappa shape index (κ2) is 7.85. The topological polar surface area (TPSA) is 52.9 Å². The van der Waals surface area contributed by atoms with Crippen LogP contribution in [0.3, 0.4) is 0 Å². The second-order valence-corrected chi connectivity index (χ2v) is 8.44. The standard InChI is InChI=1S/C24H29N5O/c1-17-5-3-12-29-22(16-27-11-4-9-25-10-14-27)23(26-24(17)29)20-6-7-21-19(15-20)8-13-28(21)18(2)30/h3,5-7,12,15,25H,4,8-11,13-14,16H2,1-2H3. The summed E-state index contributed by atoms with van der Waals surface area (Å²) in [6.45, 7) is 9.70. The lowest BCUT2D eigenvalue weighted by atomic mass is 10.0. The first-order valence-electron chi connectivity index (χ1n) is 10.9. The molecule has 1 saturated heterocycles. The maximum absolute atomic E-state index is 11.9. The fourth-order valence-electron chi connectivity index (χ4n) is 4.78. The molecule has 6 nitrogen and oxygen atoms in total. The molecule has 4 heterocycles. The smallest absolute Gasteiger partial charge is 0.223 e. The first kappa shape index (κ1) is 19.3. The molecular weight excluding hydrogens is 374 g/mol. The van der Waals surface area contributed by atoms with E-state index in [-0.39, 0.29) is 5.91 Å². The van der Waals surface area contributed by atoms with Gasteiger partial charge in [0.15, 0.2) is 0 Å². The molecule has 0 saturated carbocycles. The Morgan fingerprint density at radius 1 is 1.17 bits per heavy atom. The molecule has 2 aliphatic heterocycles. The number of fused-ring (bicyclic) bond motifs is 2. The van der Waals surface area contributed by atoms with Crippen molar-refractivity contribution < 1.29 is 4.79 Å². The van der Waals surface area contributed by atoms with Crippen LogP contribution in [-0.4, -0.2) is 52.9 Å². The van der Waals surface area contributed by atoms with Crippen LogP contribution in [0.2, 0.25) is 0 Å². The molecular formula is C24H29N5O. The van der Waals surface area contributed by atoms with E-state index in [2.05, 4.69) is 58.1 Å². The number of carbonyl (C=O) groups excluding carboxylic acids is 1. The van der Waals surface area contributed by atoms with Gasteiger partial charge in [-0.05, 0) is 62.2 Å². The number of nitrogens with zero attached hydrogens (tertiary/aromatic N) is 4. The molecule has 0 aliphatic carbocycles. The zero-order valence-electron chi connectivity index (χ0n) is 17.8. The summed E-state index contributed by atoms with van der Waals surface area (Å²) in [5.41, 5.74) is 7.95. The highest BCUT2D eigenvalue weighted by Gasteiger charge is 2.24. The highest BCUT2D eigenvalue weighted by molar-refractivity contribution is 5.94. The second-order valence-electron chi connectivity index (χ2n) is 8.44. The molecule has 0 spiro atoms. The molecule has 3 aromatic rings. The molecule has 1 N–H and O–H groups in total. The minimum absolute atomic E-state index is 0.111. The van der Waals surface area contributed by atoms with Crippen LogP contribution in [0.15, 0.2) is 36.5 Å². The summed E-state index contributed by atoms with van der Waals surface area (Å²) in [7, 11) is 0. The summed E-state index contributed by atoms with van der Waals surface area (Å²) in [5, 5.41) is 3.49. The van der Waals surface area contributed by atoms with Crippen molar-refractivity contribution in [2.75, 3.05) is 37.6 Å².